The third kappa shape index (κ3) is 3.83. The number of hydrogen-bond acceptors (Lipinski definition) is 3. The van der Waals surface area contributed by atoms with Crippen LogP contribution >= 0.6 is 0 Å². The van der Waals surface area contributed by atoms with Gasteiger partial charge in [-0.15, -0.1) is 0 Å². The lowest BCUT2D eigenvalue weighted by atomic mass is 9.85. The maximum atomic E-state index is 11.9. The highest BCUT2D eigenvalue weighted by Crippen LogP contribution is 2.28. The second-order valence-electron chi connectivity index (χ2n) is 6.26. The molecule has 4 heteroatoms. The Morgan fingerprint density at radius 2 is 1.43 bits per heavy atom. The average Bonchev–Trinajstić information content (AvgIpc) is 2.48. The Labute approximate surface area is 137 Å². The van der Waals surface area contributed by atoms with E-state index in [1.165, 1.54) is 12.1 Å². The summed E-state index contributed by atoms with van der Waals surface area (Å²) >= 11 is 0. The fourth-order valence-electron chi connectivity index (χ4n) is 2.56. The number of hydrogen-bond donors (Lipinski definition) is 2. The van der Waals surface area contributed by atoms with Crippen molar-refractivity contribution in [1.29, 1.82) is 0 Å². The Balaban J connectivity index is 1.59. The molecule has 1 amide bonds. The molecule has 1 fully saturated rings. The lowest BCUT2D eigenvalue weighted by Crippen LogP contribution is -2.27. The number of benzene rings is 2. The molecular weight excluding hydrogens is 286 g/mol. The van der Waals surface area contributed by atoms with E-state index in [-0.39, 0.29) is 11.8 Å². The number of anilines is 4. The molecule has 0 bridgehead atoms. The molecule has 0 radical (unpaired) electrons. The molecule has 0 atom stereocenters. The second-order valence-corrected chi connectivity index (χ2v) is 6.26. The van der Waals surface area contributed by atoms with Crippen molar-refractivity contribution in [2.45, 2.75) is 19.3 Å². The van der Waals surface area contributed by atoms with E-state index in [2.05, 4.69) is 39.8 Å². The molecule has 0 spiro atoms. The van der Waals surface area contributed by atoms with Gasteiger partial charge in [0.15, 0.2) is 0 Å². The van der Waals surface area contributed by atoms with Crippen molar-refractivity contribution in [3.05, 3.63) is 48.5 Å². The lowest BCUT2D eigenvalue weighted by molar-refractivity contribution is -0.122. The Morgan fingerprint density at radius 3 is 1.91 bits per heavy atom. The highest BCUT2D eigenvalue weighted by molar-refractivity contribution is 5.93. The Kier molecular flexibility index (Phi) is 4.51. The largest absolute Gasteiger partial charge is 0.378 e. The van der Waals surface area contributed by atoms with Crippen LogP contribution in [0, 0.1) is 5.92 Å². The van der Waals surface area contributed by atoms with Gasteiger partial charge in [0, 0.05) is 42.8 Å². The fraction of sp³-hybridized carbons (Fsp3) is 0.316. The molecule has 1 aliphatic carbocycles. The molecule has 0 heterocycles. The van der Waals surface area contributed by atoms with E-state index in [1.807, 2.05) is 38.4 Å². The SMILES string of the molecule is CN(C)c1ccc(Nc2ccc(NC(=O)C3CCC3)cc2)cc1. The van der Waals surface area contributed by atoms with Crippen LogP contribution in [0.2, 0.25) is 0 Å². The molecule has 2 aromatic carbocycles. The highest BCUT2D eigenvalue weighted by atomic mass is 16.1. The molecule has 0 aliphatic heterocycles. The molecule has 120 valence electrons. The normalized spacial score (nSPS) is 14.0. The van der Waals surface area contributed by atoms with Gasteiger partial charge >= 0.3 is 0 Å². The molecule has 0 aromatic heterocycles. The number of nitrogens with zero attached hydrogens (tertiary/aromatic N) is 1. The van der Waals surface area contributed by atoms with Crippen molar-refractivity contribution in [3.8, 4) is 0 Å². The van der Waals surface area contributed by atoms with Crippen LogP contribution in [0.25, 0.3) is 0 Å². The van der Waals surface area contributed by atoms with Crippen molar-refractivity contribution in [1.82, 2.24) is 0 Å². The predicted molar refractivity (Wildman–Crippen MR) is 96.5 cm³/mol. The molecule has 1 saturated carbocycles. The topological polar surface area (TPSA) is 44.4 Å². The average molecular weight is 309 g/mol. The van der Waals surface area contributed by atoms with Gasteiger partial charge in [-0.2, -0.15) is 0 Å². The minimum absolute atomic E-state index is 0.149. The summed E-state index contributed by atoms with van der Waals surface area (Å²) in [4.78, 5) is 14.0. The molecule has 2 aromatic rings. The van der Waals surface area contributed by atoms with E-state index >= 15 is 0 Å². The minimum atomic E-state index is 0.149. The molecule has 23 heavy (non-hydrogen) atoms. The van der Waals surface area contributed by atoms with Crippen LogP contribution in [0.3, 0.4) is 0 Å². The monoisotopic (exact) mass is 309 g/mol. The zero-order chi connectivity index (χ0) is 16.2. The van der Waals surface area contributed by atoms with E-state index in [9.17, 15) is 4.79 Å². The summed E-state index contributed by atoms with van der Waals surface area (Å²) < 4.78 is 0. The molecule has 0 saturated heterocycles. The smallest absolute Gasteiger partial charge is 0.227 e. The summed E-state index contributed by atoms with van der Waals surface area (Å²) in [6, 6.07) is 16.1. The first-order valence-corrected chi connectivity index (χ1v) is 8.07. The number of carbonyl (C=O) groups excluding carboxylic acids is 1. The summed E-state index contributed by atoms with van der Waals surface area (Å²) in [6.07, 6.45) is 3.22. The van der Waals surface area contributed by atoms with E-state index in [1.54, 1.807) is 0 Å². The van der Waals surface area contributed by atoms with Crippen LogP contribution < -0.4 is 15.5 Å². The van der Waals surface area contributed by atoms with Gasteiger partial charge in [0.1, 0.15) is 0 Å². The summed E-state index contributed by atoms with van der Waals surface area (Å²) in [7, 11) is 4.05. The minimum Gasteiger partial charge on any atom is -0.378 e. The van der Waals surface area contributed by atoms with Crippen molar-refractivity contribution >= 4 is 28.7 Å². The van der Waals surface area contributed by atoms with Gasteiger partial charge in [0.25, 0.3) is 0 Å². The summed E-state index contributed by atoms with van der Waals surface area (Å²) in [5.74, 6) is 0.360. The standard InChI is InChI=1S/C19H23N3O/c1-22(2)18-12-10-16(11-13-18)20-15-6-8-17(9-7-15)21-19(23)14-4-3-5-14/h6-14,20H,3-5H2,1-2H3,(H,21,23). The summed E-state index contributed by atoms with van der Waals surface area (Å²) in [5.41, 5.74) is 4.08. The van der Waals surface area contributed by atoms with Crippen LogP contribution in [0.5, 0.6) is 0 Å². The maximum Gasteiger partial charge on any atom is 0.227 e. The van der Waals surface area contributed by atoms with E-state index < -0.39 is 0 Å². The molecular formula is C19H23N3O. The molecule has 4 nitrogen and oxygen atoms in total. The predicted octanol–water partition coefficient (Wildman–Crippen LogP) is 4.23. The van der Waals surface area contributed by atoms with Crippen molar-refractivity contribution in [2.75, 3.05) is 29.6 Å². The first-order valence-electron chi connectivity index (χ1n) is 8.07. The zero-order valence-corrected chi connectivity index (χ0v) is 13.7. The number of carbonyl (C=O) groups is 1. The second kappa shape index (κ2) is 6.73. The lowest BCUT2D eigenvalue weighted by Gasteiger charge is -2.24. The van der Waals surface area contributed by atoms with Crippen molar-refractivity contribution in [2.24, 2.45) is 5.92 Å². The summed E-state index contributed by atoms with van der Waals surface area (Å²) in [5, 5.41) is 6.35. The van der Waals surface area contributed by atoms with Crippen LogP contribution in [0.4, 0.5) is 22.7 Å². The van der Waals surface area contributed by atoms with E-state index in [0.717, 1.165) is 29.9 Å². The van der Waals surface area contributed by atoms with Gasteiger partial charge in [0.05, 0.1) is 0 Å². The number of rotatable bonds is 5. The zero-order valence-electron chi connectivity index (χ0n) is 13.7. The molecule has 0 unspecified atom stereocenters. The Bertz CT molecular complexity index is 658. The third-order valence-electron chi connectivity index (χ3n) is 4.30. The fourth-order valence-corrected chi connectivity index (χ4v) is 2.56. The van der Waals surface area contributed by atoms with Crippen LogP contribution in [-0.2, 0) is 4.79 Å². The molecule has 2 N–H and O–H groups in total. The Morgan fingerprint density at radius 1 is 0.913 bits per heavy atom. The van der Waals surface area contributed by atoms with Crippen LogP contribution in [0.15, 0.2) is 48.5 Å². The van der Waals surface area contributed by atoms with Crippen molar-refractivity contribution < 1.29 is 4.79 Å². The molecule has 1 aliphatic rings. The van der Waals surface area contributed by atoms with Crippen LogP contribution in [0.1, 0.15) is 19.3 Å². The Hall–Kier alpha value is -2.49. The first-order chi connectivity index (χ1) is 11.1. The van der Waals surface area contributed by atoms with E-state index in [4.69, 9.17) is 0 Å². The van der Waals surface area contributed by atoms with Gasteiger partial charge < -0.3 is 15.5 Å². The van der Waals surface area contributed by atoms with Gasteiger partial charge in [-0.25, -0.2) is 0 Å². The third-order valence-corrected chi connectivity index (χ3v) is 4.30. The van der Waals surface area contributed by atoms with Gasteiger partial charge in [-0.05, 0) is 61.4 Å². The van der Waals surface area contributed by atoms with Crippen molar-refractivity contribution in [3.63, 3.8) is 0 Å². The van der Waals surface area contributed by atoms with Gasteiger partial charge in [-0.3, -0.25) is 4.79 Å². The highest BCUT2D eigenvalue weighted by Gasteiger charge is 2.24. The van der Waals surface area contributed by atoms with Gasteiger partial charge in [-0.1, -0.05) is 6.42 Å². The number of nitrogens with one attached hydrogen (secondary N) is 2. The van der Waals surface area contributed by atoms with Gasteiger partial charge in [0.2, 0.25) is 5.91 Å². The van der Waals surface area contributed by atoms with E-state index in [0.29, 0.717) is 0 Å². The maximum absolute atomic E-state index is 11.9. The summed E-state index contributed by atoms with van der Waals surface area (Å²) in [6.45, 7) is 0. The first kappa shape index (κ1) is 15.4. The number of amides is 1. The quantitative estimate of drug-likeness (QED) is 0.868. The molecule has 3 rings (SSSR count). The van der Waals surface area contributed by atoms with Crippen LogP contribution in [-0.4, -0.2) is 20.0 Å².